The Bertz CT molecular complexity index is 852. The molecule has 0 amide bonds. The highest BCUT2D eigenvalue weighted by Crippen LogP contribution is 2.24. The molecule has 25 heavy (non-hydrogen) atoms. The third-order valence-electron chi connectivity index (χ3n) is 3.71. The highest BCUT2D eigenvalue weighted by Gasteiger charge is 2.11. The number of nitrogens with zero attached hydrogens (tertiary/aromatic N) is 3. The van der Waals surface area contributed by atoms with Crippen LogP contribution in [-0.2, 0) is 6.54 Å². The molecule has 3 rings (SSSR count). The van der Waals surface area contributed by atoms with Gasteiger partial charge in [-0.2, -0.15) is 9.97 Å². The number of fused-ring (bicyclic) bond motifs is 1. The van der Waals surface area contributed by atoms with Gasteiger partial charge in [0.2, 0.25) is 5.95 Å². The molecule has 2 heterocycles. The van der Waals surface area contributed by atoms with Gasteiger partial charge in [-0.25, -0.2) is 4.98 Å². The molecule has 1 aromatic carbocycles. The summed E-state index contributed by atoms with van der Waals surface area (Å²) in [5.41, 5.74) is 15.1. The number of aliphatic hydroxyl groups is 1. The number of ether oxygens (including phenoxy) is 1. The Balaban J connectivity index is 0.00000109. The average molecular weight is 342 g/mol. The molecule has 2 aromatic heterocycles. The maximum Gasteiger partial charge on any atom is 0.224 e. The van der Waals surface area contributed by atoms with Crippen molar-refractivity contribution >= 4 is 28.5 Å². The molecule has 0 aliphatic carbocycles. The molecule has 0 radical (unpaired) electrons. The highest BCUT2D eigenvalue weighted by atomic mass is 16.5. The first kappa shape index (κ1) is 18.2. The van der Waals surface area contributed by atoms with E-state index in [9.17, 15) is 0 Å². The lowest BCUT2D eigenvalue weighted by Gasteiger charge is -2.12. The first-order valence-corrected chi connectivity index (χ1v) is 7.58. The third kappa shape index (κ3) is 4.04. The van der Waals surface area contributed by atoms with Crippen LogP contribution in [0.4, 0.5) is 17.5 Å². The number of nitrogens with one attached hydrogen (secondary N) is 1. The second-order valence-corrected chi connectivity index (χ2v) is 5.16. The van der Waals surface area contributed by atoms with E-state index in [2.05, 4.69) is 20.3 Å². The summed E-state index contributed by atoms with van der Waals surface area (Å²) in [6.45, 7) is 2.59. The summed E-state index contributed by atoms with van der Waals surface area (Å²) in [4.78, 5) is 12.5. The minimum absolute atomic E-state index is 0.131. The summed E-state index contributed by atoms with van der Waals surface area (Å²) < 4.78 is 5.15. The van der Waals surface area contributed by atoms with Gasteiger partial charge in [-0.05, 0) is 42.3 Å². The van der Waals surface area contributed by atoms with Crippen LogP contribution in [0.1, 0.15) is 11.1 Å². The minimum atomic E-state index is 0.131. The van der Waals surface area contributed by atoms with Crippen molar-refractivity contribution in [1.82, 2.24) is 15.0 Å². The van der Waals surface area contributed by atoms with Gasteiger partial charge in [0.1, 0.15) is 11.6 Å². The summed E-state index contributed by atoms with van der Waals surface area (Å²) in [7, 11) is 2.64. The molecule has 0 bridgehead atoms. The molecule has 0 spiro atoms. The number of pyridine rings is 1. The summed E-state index contributed by atoms with van der Waals surface area (Å²) >= 11 is 0. The maximum absolute atomic E-state index is 7.00. The molecule has 0 fully saturated rings. The Kier molecular flexibility index (Phi) is 5.91. The van der Waals surface area contributed by atoms with E-state index in [-0.39, 0.29) is 5.95 Å². The Morgan fingerprint density at radius 1 is 1.12 bits per heavy atom. The fourth-order valence-corrected chi connectivity index (χ4v) is 2.42. The molecule has 8 heteroatoms. The van der Waals surface area contributed by atoms with E-state index in [1.165, 1.54) is 0 Å². The first-order chi connectivity index (χ1) is 12.1. The van der Waals surface area contributed by atoms with Crippen molar-refractivity contribution in [3.8, 4) is 5.75 Å². The van der Waals surface area contributed by atoms with Crippen LogP contribution in [-0.4, -0.2) is 34.3 Å². The van der Waals surface area contributed by atoms with Crippen molar-refractivity contribution in [1.29, 1.82) is 0 Å². The quantitative estimate of drug-likeness (QED) is 0.563. The smallest absolute Gasteiger partial charge is 0.224 e. The van der Waals surface area contributed by atoms with Gasteiger partial charge in [0.15, 0.2) is 5.65 Å². The summed E-state index contributed by atoms with van der Waals surface area (Å²) in [6.07, 6.45) is 1.78. The molecule has 0 unspecified atom stereocenters. The van der Waals surface area contributed by atoms with Crippen LogP contribution in [0.5, 0.6) is 5.75 Å². The van der Waals surface area contributed by atoms with Crippen LogP contribution >= 0.6 is 0 Å². The number of rotatable bonds is 4. The van der Waals surface area contributed by atoms with Gasteiger partial charge in [0.05, 0.1) is 12.5 Å². The van der Waals surface area contributed by atoms with Crippen molar-refractivity contribution in [3.05, 3.63) is 41.6 Å². The molecular formula is C17H22N6O2. The number of hydrogen-bond donors (Lipinski definition) is 4. The fourth-order valence-electron chi connectivity index (χ4n) is 2.42. The number of aliphatic hydroxyl groups excluding tert-OH is 1. The largest absolute Gasteiger partial charge is 0.497 e. The molecule has 0 saturated heterocycles. The van der Waals surface area contributed by atoms with E-state index in [1.807, 2.05) is 31.2 Å². The lowest BCUT2D eigenvalue weighted by Crippen LogP contribution is -2.07. The van der Waals surface area contributed by atoms with E-state index in [1.54, 1.807) is 13.3 Å². The SMILES string of the molecule is CO.COc1ccc(NCc2cnc3nc(N)nc(N)c3c2C)cc1. The van der Waals surface area contributed by atoms with Crippen LogP contribution in [0, 0.1) is 6.92 Å². The number of nitrogen functional groups attached to an aromatic ring is 2. The second-order valence-electron chi connectivity index (χ2n) is 5.16. The van der Waals surface area contributed by atoms with E-state index >= 15 is 0 Å². The van der Waals surface area contributed by atoms with Gasteiger partial charge in [-0.15, -0.1) is 0 Å². The predicted octanol–water partition coefficient (Wildman–Crippen LogP) is 1.73. The topological polar surface area (TPSA) is 132 Å². The Hall–Kier alpha value is -3.13. The zero-order valence-electron chi connectivity index (χ0n) is 14.4. The predicted molar refractivity (Wildman–Crippen MR) is 99.4 cm³/mol. The molecule has 0 atom stereocenters. The lowest BCUT2D eigenvalue weighted by molar-refractivity contribution is 0.399. The van der Waals surface area contributed by atoms with Crippen LogP contribution in [0.25, 0.3) is 11.0 Å². The number of benzene rings is 1. The number of methoxy groups -OCH3 is 1. The molecule has 0 aliphatic rings. The number of aryl methyl sites for hydroxylation is 1. The molecular weight excluding hydrogens is 320 g/mol. The lowest BCUT2D eigenvalue weighted by atomic mass is 10.1. The Labute approximate surface area is 145 Å². The summed E-state index contributed by atoms with van der Waals surface area (Å²) in [6, 6.07) is 7.73. The monoisotopic (exact) mass is 342 g/mol. The van der Waals surface area contributed by atoms with Crippen LogP contribution < -0.4 is 21.5 Å². The van der Waals surface area contributed by atoms with Crippen LogP contribution in [0.3, 0.4) is 0 Å². The standard InChI is InChI=1S/C16H18N6O.CH4O/c1-9-10(7-19-11-3-5-12(23-2)6-4-11)8-20-15-13(9)14(17)21-16(18)22-15;1-2/h3-6,8,19H,7H2,1-2H3,(H4,17,18,20,21,22);2H,1H3. The molecule has 0 saturated carbocycles. The normalized spacial score (nSPS) is 10.1. The van der Waals surface area contributed by atoms with Crippen molar-refractivity contribution in [2.24, 2.45) is 0 Å². The van der Waals surface area contributed by atoms with Gasteiger partial charge in [-0.3, -0.25) is 0 Å². The fraction of sp³-hybridized carbons (Fsp3) is 0.235. The summed E-state index contributed by atoms with van der Waals surface area (Å²) in [5, 5.41) is 11.1. The molecule has 0 aliphatic heterocycles. The van der Waals surface area contributed by atoms with E-state index in [4.69, 9.17) is 21.3 Å². The molecule has 8 nitrogen and oxygen atoms in total. The van der Waals surface area contributed by atoms with Gasteiger partial charge in [-0.1, -0.05) is 0 Å². The van der Waals surface area contributed by atoms with Gasteiger partial charge < -0.3 is 26.6 Å². The first-order valence-electron chi connectivity index (χ1n) is 7.58. The Morgan fingerprint density at radius 3 is 2.44 bits per heavy atom. The number of aromatic nitrogens is 3. The molecule has 6 N–H and O–H groups in total. The van der Waals surface area contributed by atoms with E-state index in [0.29, 0.717) is 18.0 Å². The van der Waals surface area contributed by atoms with Crippen molar-refractivity contribution in [2.75, 3.05) is 31.0 Å². The number of hydrogen-bond acceptors (Lipinski definition) is 8. The van der Waals surface area contributed by atoms with Crippen molar-refractivity contribution in [3.63, 3.8) is 0 Å². The van der Waals surface area contributed by atoms with Crippen molar-refractivity contribution < 1.29 is 9.84 Å². The van der Waals surface area contributed by atoms with Crippen LogP contribution in [0.15, 0.2) is 30.5 Å². The number of nitrogens with two attached hydrogens (primary N) is 2. The van der Waals surface area contributed by atoms with E-state index < -0.39 is 0 Å². The van der Waals surface area contributed by atoms with Crippen LogP contribution in [0.2, 0.25) is 0 Å². The maximum atomic E-state index is 7.00. The molecule has 3 aromatic rings. The van der Waals surface area contributed by atoms with Gasteiger partial charge in [0.25, 0.3) is 0 Å². The number of anilines is 3. The highest BCUT2D eigenvalue weighted by molar-refractivity contribution is 5.89. The second kappa shape index (κ2) is 8.11. The minimum Gasteiger partial charge on any atom is -0.497 e. The Morgan fingerprint density at radius 2 is 1.80 bits per heavy atom. The zero-order chi connectivity index (χ0) is 18.4. The van der Waals surface area contributed by atoms with Crippen molar-refractivity contribution in [2.45, 2.75) is 13.5 Å². The molecule has 132 valence electrons. The average Bonchev–Trinajstić information content (AvgIpc) is 2.62. The third-order valence-corrected chi connectivity index (χ3v) is 3.71. The van der Waals surface area contributed by atoms with E-state index in [0.717, 1.165) is 35.1 Å². The van der Waals surface area contributed by atoms with Gasteiger partial charge in [0, 0.05) is 25.5 Å². The zero-order valence-corrected chi connectivity index (χ0v) is 14.4. The summed E-state index contributed by atoms with van der Waals surface area (Å²) in [5.74, 6) is 1.30. The van der Waals surface area contributed by atoms with Gasteiger partial charge >= 0.3 is 0 Å².